The van der Waals surface area contributed by atoms with E-state index in [2.05, 4.69) is 34.3 Å². The van der Waals surface area contributed by atoms with Crippen LogP contribution in [0.1, 0.15) is 13.3 Å². The maximum absolute atomic E-state index is 4.45. The zero-order valence-electron chi connectivity index (χ0n) is 8.61. The Kier molecular flexibility index (Phi) is 2.99. The number of nitrogens with one attached hydrogen (secondary N) is 1. The van der Waals surface area contributed by atoms with Crippen LogP contribution in [0.2, 0.25) is 0 Å². The summed E-state index contributed by atoms with van der Waals surface area (Å²) >= 11 is 0. The number of amidine groups is 1. The van der Waals surface area contributed by atoms with Crippen molar-refractivity contribution in [1.82, 2.24) is 10.2 Å². The summed E-state index contributed by atoms with van der Waals surface area (Å²) in [6.07, 6.45) is 9.04. The van der Waals surface area contributed by atoms with Gasteiger partial charge in [0.15, 0.2) is 0 Å². The Balaban J connectivity index is 2.03. The Morgan fingerprint density at radius 1 is 1.50 bits per heavy atom. The molecule has 76 valence electrons. The van der Waals surface area contributed by atoms with Crippen LogP contribution in [0.3, 0.4) is 0 Å². The smallest absolute Gasteiger partial charge is 0.108 e. The molecule has 1 fully saturated rings. The van der Waals surface area contributed by atoms with Gasteiger partial charge < -0.3 is 10.2 Å². The van der Waals surface area contributed by atoms with E-state index in [0.717, 1.165) is 26.1 Å². The lowest BCUT2D eigenvalue weighted by Gasteiger charge is -2.33. The molecule has 0 saturated carbocycles. The van der Waals surface area contributed by atoms with Gasteiger partial charge in [-0.2, -0.15) is 0 Å². The average molecular weight is 191 g/mol. The Hall–Kier alpha value is -1.09. The Labute approximate surface area is 85.2 Å². The molecule has 0 radical (unpaired) electrons. The van der Waals surface area contributed by atoms with Gasteiger partial charge in [-0.25, -0.2) is 4.99 Å². The van der Waals surface area contributed by atoms with E-state index in [1.165, 1.54) is 5.84 Å². The molecule has 0 aromatic rings. The fourth-order valence-corrected chi connectivity index (χ4v) is 1.86. The van der Waals surface area contributed by atoms with Crippen molar-refractivity contribution in [2.75, 3.05) is 19.6 Å². The van der Waals surface area contributed by atoms with Crippen LogP contribution in [0, 0.1) is 0 Å². The lowest BCUT2D eigenvalue weighted by atomic mass is 10.2. The Morgan fingerprint density at radius 3 is 3.29 bits per heavy atom. The monoisotopic (exact) mass is 191 g/mol. The Morgan fingerprint density at radius 2 is 2.43 bits per heavy atom. The number of hydrogen-bond acceptors (Lipinski definition) is 3. The van der Waals surface area contributed by atoms with Crippen LogP contribution in [0.25, 0.3) is 0 Å². The summed E-state index contributed by atoms with van der Waals surface area (Å²) < 4.78 is 0. The molecule has 1 saturated heterocycles. The van der Waals surface area contributed by atoms with E-state index in [1.807, 2.05) is 12.3 Å². The summed E-state index contributed by atoms with van der Waals surface area (Å²) in [6.45, 7) is 5.42. The lowest BCUT2D eigenvalue weighted by Crippen LogP contribution is -2.51. The van der Waals surface area contributed by atoms with Crippen molar-refractivity contribution in [3.05, 3.63) is 24.4 Å². The first-order chi connectivity index (χ1) is 6.86. The minimum Gasteiger partial charge on any atom is -0.357 e. The van der Waals surface area contributed by atoms with E-state index in [9.17, 15) is 0 Å². The largest absolute Gasteiger partial charge is 0.357 e. The van der Waals surface area contributed by atoms with Gasteiger partial charge in [0.2, 0.25) is 0 Å². The second-order valence-electron chi connectivity index (χ2n) is 3.82. The molecule has 0 aromatic carbocycles. The molecule has 2 rings (SSSR count). The molecular formula is C11H17N3. The van der Waals surface area contributed by atoms with E-state index < -0.39 is 0 Å². The Bertz CT molecular complexity index is 278. The molecule has 0 bridgehead atoms. The number of aliphatic imine (C=N–C) groups is 1. The number of piperazine rings is 1. The predicted molar refractivity (Wildman–Crippen MR) is 59.4 cm³/mol. The molecule has 3 nitrogen and oxygen atoms in total. The number of nitrogens with zero attached hydrogens (tertiary/aromatic N) is 2. The van der Waals surface area contributed by atoms with Crippen molar-refractivity contribution in [3.8, 4) is 0 Å². The first-order valence-corrected chi connectivity index (χ1v) is 5.23. The van der Waals surface area contributed by atoms with Crippen LogP contribution < -0.4 is 5.32 Å². The highest BCUT2D eigenvalue weighted by Crippen LogP contribution is 2.06. The first-order valence-electron chi connectivity index (χ1n) is 5.23. The van der Waals surface area contributed by atoms with E-state index >= 15 is 0 Å². The summed E-state index contributed by atoms with van der Waals surface area (Å²) in [6, 6.07) is 0.572. The van der Waals surface area contributed by atoms with E-state index in [0.29, 0.717) is 6.04 Å². The summed E-state index contributed by atoms with van der Waals surface area (Å²) in [5.74, 6) is 1.20. The third-order valence-corrected chi connectivity index (χ3v) is 2.59. The summed E-state index contributed by atoms with van der Waals surface area (Å²) in [4.78, 5) is 6.83. The second-order valence-corrected chi connectivity index (χ2v) is 3.82. The summed E-state index contributed by atoms with van der Waals surface area (Å²) in [5, 5.41) is 3.43. The van der Waals surface area contributed by atoms with Crippen LogP contribution in [-0.4, -0.2) is 36.4 Å². The molecule has 1 unspecified atom stereocenters. The number of hydrogen-bond donors (Lipinski definition) is 1. The van der Waals surface area contributed by atoms with Gasteiger partial charge in [0.1, 0.15) is 5.84 Å². The molecule has 0 amide bonds. The van der Waals surface area contributed by atoms with Crippen molar-refractivity contribution in [2.24, 2.45) is 4.99 Å². The fourth-order valence-electron chi connectivity index (χ4n) is 1.86. The molecule has 2 heterocycles. The van der Waals surface area contributed by atoms with Gasteiger partial charge in [0.05, 0.1) is 0 Å². The predicted octanol–water partition coefficient (Wildman–Crippen LogP) is 1.15. The van der Waals surface area contributed by atoms with Gasteiger partial charge in [-0.15, -0.1) is 0 Å². The highest BCUT2D eigenvalue weighted by molar-refractivity contribution is 5.84. The average Bonchev–Trinajstić information content (AvgIpc) is 2.45. The van der Waals surface area contributed by atoms with Gasteiger partial charge >= 0.3 is 0 Å². The minimum atomic E-state index is 0.572. The molecule has 2 aliphatic heterocycles. The van der Waals surface area contributed by atoms with Gasteiger partial charge in [-0.3, -0.25) is 0 Å². The van der Waals surface area contributed by atoms with E-state index in [-0.39, 0.29) is 0 Å². The first kappa shape index (κ1) is 9.46. The zero-order valence-corrected chi connectivity index (χ0v) is 8.61. The maximum Gasteiger partial charge on any atom is 0.108 e. The summed E-state index contributed by atoms with van der Waals surface area (Å²) in [5.41, 5.74) is 0. The van der Waals surface area contributed by atoms with Crippen molar-refractivity contribution in [1.29, 1.82) is 0 Å². The topological polar surface area (TPSA) is 27.6 Å². The minimum absolute atomic E-state index is 0.572. The fraction of sp³-hybridized carbons (Fsp3) is 0.545. The number of rotatable bonds is 0. The van der Waals surface area contributed by atoms with Crippen molar-refractivity contribution in [3.63, 3.8) is 0 Å². The van der Waals surface area contributed by atoms with Crippen LogP contribution in [-0.2, 0) is 0 Å². The molecule has 0 spiro atoms. The van der Waals surface area contributed by atoms with Gasteiger partial charge in [0, 0.05) is 38.3 Å². The number of allylic oxidation sites excluding steroid dienone is 2. The van der Waals surface area contributed by atoms with E-state index in [1.54, 1.807) is 0 Å². The summed E-state index contributed by atoms with van der Waals surface area (Å²) in [7, 11) is 0. The maximum atomic E-state index is 4.45. The van der Waals surface area contributed by atoms with Crippen LogP contribution in [0.5, 0.6) is 0 Å². The normalized spacial score (nSPS) is 27.4. The molecule has 2 aliphatic rings. The van der Waals surface area contributed by atoms with Gasteiger partial charge in [-0.05, 0) is 13.0 Å². The van der Waals surface area contributed by atoms with Gasteiger partial charge in [0.25, 0.3) is 0 Å². The molecule has 1 atom stereocenters. The molecular weight excluding hydrogens is 174 g/mol. The quantitative estimate of drug-likeness (QED) is 0.622. The van der Waals surface area contributed by atoms with Crippen LogP contribution in [0.15, 0.2) is 29.4 Å². The zero-order chi connectivity index (χ0) is 9.80. The lowest BCUT2D eigenvalue weighted by molar-refractivity contribution is 0.300. The van der Waals surface area contributed by atoms with Gasteiger partial charge in [-0.1, -0.05) is 12.2 Å². The molecule has 0 aromatic heterocycles. The highest BCUT2D eigenvalue weighted by Gasteiger charge is 2.17. The van der Waals surface area contributed by atoms with Crippen molar-refractivity contribution in [2.45, 2.75) is 19.4 Å². The van der Waals surface area contributed by atoms with Crippen molar-refractivity contribution >= 4 is 5.84 Å². The van der Waals surface area contributed by atoms with Crippen LogP contribution in [0.4, 0.5) is 0 Å². The molecule has 14 heavy (non-hydrogen) atoms. The molecule has 0 aliphatic carbocycles. The third-order valence-electron chi connectivity index (χ3n) is 2.59. The second kappa shape index (κ2) is 4.42. The SMILES string of the molecule is CC1CN(C2=NC=CC=CC2)CCN1. The third kappa shape index (κ3) is 2.23. The molecule has 1 N–H and O–H groups in total. The van der Waals surface area contributed by atoms with Crippen LogP contribution >= 0.6 is 0 Å². The molecule has 3 heteroatoms. The standard InChI is InChI=1S/C11H17N3/c1-10-9-14(8-7-12-10)11-5-3-2-4-6-13-11/h2-4,6,10,12H,5,7-9H2,1H3. The highest BCUT2D eigenvalue weighted by atomic mass is 15.2. The van der Waals surface area contributed by atoms with Crippen molar-refractivity contribution < 1.29 is 0 Å². The van der Waals surface area contributed by atoms with E-state index in [4.69, 9.17) is 0 Å².